The van der Waals surface area contributed by atoms with Crippen molar-refractivity contribution in [2.24, 2.45) is 0 Å². The van der Waals surface area contributed by atoms with Crippen LogP contribution in [0, 0.1) is 11.6 Å². The Labute approximate surface area is 171 Å². The maximum absolute atomic E-state index is 13.1. The zero-order valence-electron chi connectivity index (χ0n) is 15.9. The summed E-state index contributed by atoms with van der Waals surface area (Å²) in [6.07, 6.45) is 7.17. The highest BCUT2D eigenvalue weighted by molar-refractivity contribution is 6.34. The van der Waals surface area contributed by atoms with Crippen LogP contribution in [0.5, 0.6) is 0 Å². The molecular weight excluding hydrogens is 406 g/mol. The Kier molecular flexibility index (Phi) is 8.53. The zero-order chi connectivity index (χ0) is 21.4. The number of H-pyrrole nitrogens is 1. The number of nitrogens with one attached hydrogen (secondary N) is 3. The lowest BCUT2D eigenvalue weighted by atomic mass is 9.96. The van der Waals surface area contributed by atoms with Crippen molar-refractivity contribution in [3.05, 3.63) is 46.1 Å². The second-order valence-corrected chi connectivity index (χ2v) is 6.97. The number of aromatic amines is 1. The number of carboxylic acids is 1. The van der Waals surface area contributed by atoms with Crippen molar-refractivity contribution in [3.8, 4) is 0 Å². The fourth-order valence-electron chi connectivity index (χ4n) is 2.97. The van der Waals surface area contributed by atoms with Crippen molar-refractivity contribution >= 4 is 29.3 Å². The number of rotatable bonds is 5. The van der Waals surface area contributed by atoms with E-state index in [-0.39, 0.29) is 22.1 Å². The van der Waals surface area contributed by atoms with Gasteiger partial charge in [0.2, 0.25) is 0 Å². The van der Waals surface area contributed by atoms with Gasteiger partial charge in [-0.25, -0.2) is 13.6 Å². The van der Waals surface area contributed by atoms with E-state index in [0.717, 1.165) is 18.7 Å². The van der Waals surface area contributed by atoms with E-state index in [9.17, 15) is 18.4 Å². The van der Waals surface area contributed by atoms with Crippen molar-refractivity contribution in [2.75, 3.05) is 11.9 Å². The van der Waals surface area contributed by atoms with Gasteiger partial charge in [0.25, 0.3) is 5.91 Å². The third-order valence-electron chi connectivity index (χ3n) is 4.40. The number of aromatic nitrogens is 2. The zero-order valence-corrected chi connectivity index (χ0v) is 16.7. The molecule has 0 bridgehead atoms. The summed E-state index contributed by atoms with van der Waals surface area (Å²) >= 11 is 5.63. The highest BCUT2D eigenvalue weighted by atomic mass is 35.5. The smallest absolute Gasteiger partial charge is 0.353 e. The third kappa shape index (κ3) is 6.79. The van der Waals surface area contributed by atoms with E-state index in [4.69, 9.17) is 16.7 Å². The predicted octanol–water partition coefficient (Wildman–Crippen LogP) is 4.22. The van der Waals surface area contributed by atoms with Crippen molar-refractivity contribution in [1.82, 2.24) is 15.5 Å². The molecule has 1 heterocycles. The minimum absolute atomic E-state index is 0.0896. The Morgan fingerprint density at radius 2 is 1.86 bits per heavy atom. The molecule has 0 saturated heterocycles. The first kappa shape index (κ1) is 22.8. The fourth-order valence-corrected chi connectivity index (χ4v) is 3.21. The van der Waals surface area contributed by atoms with Crippen molar-refractivity contribution < 1.29 is 23.5 Å². The molecule has 7 nitrogen and oxygen atoms in total. The van der Waals surface area contributed by atoms with Gasteiger partial charge in [0.15, 0.2) is 17.5 Å². The van der Waals surface area contributed by atoms with Crippen LogP contribution in [-0.4, -0.2) is 39.8 Å². The lowest BCUT2D eigenvalue weighted by molar-refractivity contribution is 0.0690. The maximum Gasteiger partial charge on any atom is 0.353 e. The molecule has 0 spiro atoms. The predicted molar refractivity (Wildman–Crippen MR) is 105 cm³/mol. The Bertz CT molecular complexity index is 851. The lowest BCUT2D eigenvalue weighted by Gasteiger charge is -2.21. The van der Waals surface area contributed by atoms with Gasteiger partial charge in [0, 0.05) is 12.1 Å². The van der Waals surface area contributed by atoms with Gasteiger partial charge < -0.3 is 15.7 Å². The van der Waals surface area contributed by atoms with E-state index in [1.165, 1.54) is 32.1 Å². The van der Waals surface area contributed by atoms with E-state index in [1.807, 2.05) is 0 Å². The molecule has 1 fully saturated rings. The number of anilines is 1. The second kappa shape index (κ2) is 10.9. The molecule has 1 amide bonds. The highest BCUT2D eigenvalue weighted by Gasteiger charge is 2.17. The Morgan fingerprint density at radius 1 is 1.21 bits per heavy atom. The Hall–Kier alpha value is -2.52. The maximum atomic E-state index is 13.1. The first-order valence-corrected chi connectivity index (χ1v) is 9.67. The van der Waals surface area contributed by atoms with E-state index in [2.05, 4.69) is 27.8 Å². The van der Waals surface area contributed by atoms with Crippen LogP contribution in [0.1, 0.15) is 59.9 Å². The standard InChI is InChI=1S/C11H6ClF2N3O3.C8H17N/c12-5-2-7(14)6(13)1-4(5)10(18)15-9-3-8(11(19)20)16-17-9;1-2-9-8-6-4-3-5-7-8/h1-3H,(H,19,20)(H2,15,16,17,18);8-9H,2-7H2,1H3. The molecule has 1 aromatic heterocycles. The summed E-state index contributed by atoms with van der Waals surface area (Å²) in [6.45, 7) is 3.33. The van der Waals surface area contributed by atoms with Gasteiger partial charge in [-0.2, -0.15) is 5.10 Å². The molecule has 29 heavy (non-hydrogen) atoms. The molecule has 0 radical (unpaired) electrons. The number of carbonyl (C=O) groups excluding carboxylic acids is 1. The molecular formula is C19H23ClF2N4O3. The molecule has 0 aliphatic heterocycles. The third-order valence-corrected chi connectivity index (χ3v) is 4.72. The summed E-state index contributed by atoms with van der Waals surface area (Å²) in [5.41, 5.74) is -0.540. The normalized spacial score (nSPS) is 14.1. The van der Waals surface area contributed by atoms with Crippen molar-refractivity contribution in [1.29, 1.82) is 0 Å². The van der Waals surface area contributed by atoms with Crippen molar-refractivity contribution in [3.63, 3.8) is 0 Å². The van der Waals surface area contributed by atoms with Gasteiger partial charge in [-0.1, -0.05) is 37.8 Å². The van der Waals surface area contributed by atoms with E-state index >= 15 is 0 Å². The van der Waals surface area contributed by atoms with Gasteiger partial charge in [0.05, 0.1) is 10.6 Å². The Balaban J connectivity index is 0.000000278. The minimum atomic E-state index is -1.26. The molecule has 3 rings (SSSR count). The number of carboxylic acid groups (broad SMARTS) is 1. The van der Waals surface area contributed by atoms with Gasteiger partial charge in [0.1, 0.15) is 5.69 Å². The first-order valence-electron chi connectivity index (χ1n) is 9.29. The van der Waals surface area contributed by atoms with Crippen molar-refractivity contribution in [2.45, 2.75) is 45.1 Å². The number of benzene rings is 1. The van der Waals surface area contributed by atoms with Gasteiger partial charge in [-0.15, -0.1) is 0 Å². The summed E-state index contributed by atoms with van der Waals surface area (Å²) in [5, 5.41) is 19.8. The Morgan fingerprint density at radius 3 is 2.45 bits per heavy atom. The van der Waals surface area contributed by atoms with Gasteiger partial charge >= 0.3 is 5.97 Å². The van der Waals surface area contributed by atoms with Gasteiger partial charge in [-0.3, -0.25) is 9.89 Å². The summed E-state index contributed by atoms with van der Waals surface area (Å²) in [7, 11) is 0. The molecule has 1 aliphatic rings. The molecule has 1 aromatic carbocycles. The fraction of sp³-hybridized carbons (Fsp3) is 0.421. The first-order chi connectivity index (χ1) is 13.8. The van der Waals surface area contributed by atoms with Crippen LogP contribution in [0.3, 0.4) is 0 Å². The van der Waals surface area contributed by atoms with Crippen LogP contribution in [0.2, 0.25) is 5.02 Å². The van der Waals surface area contributed by atoms with Crippen LogP contribution in [-0.2, 0) is 0 Å². The van der Waals surface area contributed by atoms with Gasteiger partial charge in [-0.05, 0) is 31.5 Å². The molecule has 2 aromatic rings. The lowest BCUT2D eigenvalue weighted by Crippen LogP contribution is -2.30. The molecule has 1 saturated carbocycles. The number of aromatic carboxylic acids is 1. The summed E-state index contributed by atoms with van der Waals surface area (Å²) < 4.78 is 25.9. The number of hydrogen-bond acceptors (Lipinski definition) is 4. The second-order valence-electron chi connectivity index (χ2n) is 6.56. The molecule has 0 atom stereocenters. The monoisotopic (exact) mass is 428 g/mol. The largest absolute Gasteiger partial charge is 0.477 e. The van der Waals surface area contributed by atoms with E-state index < -0.39 is 23.5 Å². The average molecular weight is 429 g/mol. The number of nitrogens with zero attached hydrogens (tertiary/aromatic N) is 1. The SMILES string of the molecule is CCNC1CCCCC1.O=C(O)c1cc(NC(=O)c2cc(F)c(F)cc2Cl)n[nH]1. The van der Waals surface area contributed by atoms with E-state index in [0.29, 0.717) is 12.1 Å². The minimum Gasteiger partial charge on any atom is -0.477 e. The molecule has 1 aliphatic carbocycles. The number of amides is 1. The van der Waals surface area contributed by atoms with E-state index in [1.54, 1.807) is 0 Å². The highest BCUT2D eigenvalue weighted by Crippen LogP contribution is 2.21. The van der Waals surface area contributed by atoms with Crippen LogP contribution in [0.25, 0.3) is 0 Å². The van der Waals surface area contributed by atoms with Crippen LogP contribution < -0.4 is 10.6 Å². The van der Waals surface area contributed by atoms with Crippen LogP contribution in [0.4, 0.5) is 14.6 Å². The molecule has 158 valence electrons. The number of carbonyl (C=O) groups is 2. The van der Waals surface area contributed by atoms with Crippen LogP contribution >= 0.6 is 11.6 Å². The summed E-state index contributed by atoms with van der Waals surface area (Å²) in [4.78, 5) is 22.4. The number of hydrogen-bond donors (Lipinski definition) is 4. The average Bonchev–Trinajstić information content (AvgIpc) is 3.15. The molecule has 10 heteroatoms. The number of halogens is 3. The topological polar surface area (TPSA) is 107 Å². The molecule has 4 N–H and O–H groups in total. The molecule has 0 unspecified atom stereocenters. The summed E-state index contributed by atoms with van der Waals surface area (Å²) in [6, 6.07) is 3.22. The summed E-state index contributed by atoms with van der Waals surface area (Å²) in [5.74, 6) is -4.61. The quantitative estimate of drug-likeness (QED) is 0.533. The van der Waals surface area contributed by atoms with Crippen LogP contribution in [0.15, 0.2) is 18.2 Å².